The molecule has 182 valence electrons. The summed E-state index contributed by atoms with van der Waals surface area (Å²) in [6.07, 6.45) is -1.15. The van der Waals surface area contributed by atoms with Crippen LogP contribution in [0.2, 0.25) is 10.0 Å². The number of hydrogen-bond acceptors (Lipinski definition) is 5. The molecule has 1 aliphatic rings. The van der Waals surface area contributed by atoms with Gasteiger partial charge in [0.05, 0.1) is 12.8 Å². The summed E-state index contributed by atoms with van der Waals surface area (Å²) < 4.78 is 43.0. The quantitative estimate of drug-likeness (QED) is 0.354. The van der Waals surface area contributed by atoms with Crippen LogP contribution < -0.4 is 16.3 Å². The topological polar surface area (TPSA) is 71.6 Å². The maximum Gasteiger partial charge on any atom is 0.428 e. The maximum absolute atomic E-state index is 14.3. The van der Waals surface area contributed by atoms with E-state index in [-0.39, 0.29) is 21.3 Å². The highest BCUT2D eigenvalue weighted by atomic mass is 35.5. The van der Waals surface area contributed by atoms with Crippen molar-refractivity contribution in [2.24, 2.45) is 0 Å². The van der Waals surface area contributed by atoms with Gasteiger partial charge in [-0.3, -0.25) is 25.4 Å². The average Bonchev–Trinajstić information content (AvgIpc) is 3.27. The average molecular weight is 524 g/mol. The summed E-state index contributed by atoms with van der Waals surface area (Å²) in [4.78, 5) is 22.5. The Morgan fingerprint density at radius 1 is 1.06 bits per heavy atom. The van der Waals surface area contributed by atoms with Gasteiger partial charge < -0.3 is 5.32 Å². The van der Waals surface area contributed by atoms with E-state index in [0.29, 0.717) is 21.9 Å². The van der Waals surface area contributed by atoms with Crippen molar-refractivity contribution in [3.05, 3.63) is 99.8 Å². The Morgan fingerprint density at radius 3 is 2.40 bits per heavy atom. The molecule has 0 saturated heterocycles. The summed E-state index contributed by atoms with van der Waals surface area (Å²) in [7, 11) is 1.42. The van der Waals surface area contributed by atoms with E-state index in [1.54, 1.807) is 30.3 Å². The Balaban J connectivity index is 1.80. The smallest absolute Gasteiger partial charge is 0.327 e. The zero-order valence-electron chi connectivity index (χ0n) is 18.0. The molecule has 1 atom stereocenters. The first-order valence-electron chi connectivity index (χ1n) is 10.1. The molecule has 1 amide bonds. The number of halogens is 5. The number of carbonyl (C=O) groups excluding carboxylic acids is 1. The summed E-state index contributed by atoms with van der Waals surface area (Å²) in [5.74, 6) is -0.412. The molecule has 0 spiro atoms. The summed E-state index contributed by atoms with van der Waals surface area (Å²) >= 11 is 11.9. The van der Waals surface area contributed by atoms with Crippen molar-refractivity contribution in [3.8, 4) is 0 Å². The lowest BCUT2D eigenvalue weighted by Crippen LogP contribution is -2.42. The van der Waals surface area contributed by atoms with Crippen LogP contribution in [-0.4, -0.2) is 19.2 Å². The minimum absolute atomic E-state index is 0.0390. The second kappa shape index (κ2) is 9.79. The lowest BCUT2D eigenvalue weighted by molar-refractivity contribution is -0.269. The molecule has 1 unspecified atom stereocenters. The van der Waals surface area contributed by atoms with Gasteiger partial charge in [0.2, 0.25) is 5.60 Å². The number of benzene rings is 3. The minimum atomic E-state index is -4.84. The second-order valence-electron chi connectivity index (χ2n) is 7.49. The van der Waals surface area contributed by atoms with Gasteiger partial charge in [-0.2, -0.15) is 13.2 Å². The van der Waals surface area contributed by atoms with Crippen LogP contribution in [-0.2, 0) is 15.3 Å². The van der Waals surface area contributed by atoms with E-state index >= 15 is 0 Å². The standard InChI is InChI=1S/C24H18Cl2F3N3O3/c1-34-31-9-8-30-22(33)20-7-6-19(17-4-2-3-5-18(17)20)21-13-23(35-32-21,24(27,28)29)14-10-15(25)12-16(26)11-14/h2-13,31-32H,1H3,(H,30,33). The lowest BCUT2D eigenvalue weighted by atomic mass is 9.90. The fraction of sp³-hybridized carbons (Fsp3) is 0.125. The molecule has 6 nitrogen and oxygen atoms in total. The Hall–Kier alpha value is -3.24. The lowest BCUT2D eigenvalue weighted by Gasteiger charge is -2.28. The first-order valence-corrected chi connectivity index (χ1v) is 10.9. The van der Waals surface area contributed by atoms with Gasteiger partial charge in [0.15, 0.2) is 0 Å². The molecule has 0 saturated carbocycles. The fourth-order valence-electron chi connectivity index (χ4n) is 3.77. The molecule has 3 aromatic rings. The third-order valence-electron chi connectivity index (χ3n) is 5.32. The molecule has 0 radical (unpaired) electrons. The zero-order chi connectivity index (χ0) is 25.2. The number of amides is 1. The Kier molecular flexibility index (Phi) is 6.95. The van der Waals surface area contributed by atoms with Gasteiger partial charge in [0.1, 0.15) is 0 Å². The summed E-state index contributed by atoms with van der Waals surface area (Å²) in [5, 5.41) is 3.75. The Labute approximate surface area is 208 Å². The number of hydrogen-bond donors (Lipinski definition) is 3. The highest BCUT2D eigenvalue weighted by Gasteiger charge is 2.59. The van der Waals surface area contributed by atoms with Crippen LogP contribution in [0.1, 0.15) is 21.5 Å². The van der Waals surface area contributed by atoms with E-state index in [9.17, 15) is 18.0 Å². The predicted molar refractivity (Wildman–Crippen MR) is 127 cm³/mol. The maximum atomic E-state index is 14.3. The third kappa shape index (κ3) is 4.81. The van der Waals surface area contributed by atoms with Gasteiger partial charge in [0.25, 0.3) is 5.91 Å². The van der Waals surface area contributed by atoms with Crippen molar-refractivity contribution < 1.29 is 27.6 Å². The van der Waals surface area contributed by atoms with E-state index in [1.807, 2.05) is 0 Å². The molecule has 0 bridgehead atoms. The minimum Gasteiger partial charge on any atom is -0.327 e. The van der Waals surface area contributed by atoms with Crippen LogP contribution >= 0.6 is 23.2 Å². The Morgan fingerprint density at radius 2 is 1.74 bits per heavy atom. The van der Waals surface area contributed by atoms with Gasteiger partial charge >= 0.3 is 6.18 Å². The summed E-state index contributed by atoms with van der Waals surface area (Å²) in [6, 6.07) is 13.6. The molecule has 1 heterocycles. The first kappa shape index (κ1) is 24.9. The number of nitrogens with one attached hydrogen (secondary N) is 3. The monoisotopic (exact) mass is 523 g/mol. The largest absolute Gasteiger partial charge is 0.428 e. The van der Waals surface area contributed by atoms with Gasteiger partial charge in [-0.1, -0.05) is 53.5 Å². The van der Waals surface area contributed by atoms with Crippen LogP contribution in [0.15, 0.2) is 73.1 Å². The van der Waals surface area contributed by atoms with Crippen LogP contribution in [0.4, 0.5) is 13.2 Å². The Bertz CT molecular complexity index is 1320. The van der Waals surface area contributed by atoms with Crippen LogP contribution in [0.25, 0.3) is 16.5 Å². The number of carbonyl (C=O) groups is 1. The molecular weight excluding hydrogens is 506 g/mol. The number of alkyl halides is 3. The van der Waals surface area contributed by atoms with E-state index in [2.05, 4.69) is 21.1 Å². The van der Waals surface area contributed by atoms with Crippen molar-refractivity contribution in [2.45, 2.75) is 11.8 Å². The van der Waals surface area contributed by atoms with Gasteiger partial charge in [-0.25, -0.2) is 0 Å². The third-order valence-corrected chi connectivity index (χ3v) is 5.76. The normalized spacial score (nSPS) is 17.9. The molecule has 3 N–H and O–H groups in total. The van der Waals surface area contributed by atoms with E-state index < -0.39 is 17.7 Å². The number of fused-ring (bicyclic) bond motifs is 1. The summed E-state index contributed by atoms with van der Waals surface area (Å²) in [5.41, 5.74) is 2.57. The molecule has 0 fully saturated rings. The van der Waals surface area contributed by atoms with Crippen molar-refractivity contribution in [3.63, 3.8) is 0 Å². The molecule has 0 aromatic heterocycles. The molecule has 35 heavy (non-hydrogen) atoms. The van der Waals surface area contributed by atoms with Crippen molar-refractivity contribution in [2.75, 3.05) is 7.11 Å². The second-order valence-corrected chi connectivity index (χ2v) is 8.36. The van der Waals surface area contributed by atoms with Crippen molar-refractivity contribution in [1.29, 1.82) is 0 Å². The highest BCUT2D eigenvalue weighted by molar-refractivity contribution is 6.34. The SMILES string of the molecule is CONC=CNC(=O)c1ccc(C2=CC(c3cc(Cl)cc(Cl)c3)(C(F)(F)F)ON2)c2ccccc12. The molecular formula is C24H18Cl2F3N3O3. The fourth-order valence-corrected chi connectivity index (χ4v) is 4.30. The summed E-state index contributed by atoms with van der Waals surface area (Å²) in [6.45, 7) is 0. The predicted octanol–water partition coefficient (Wildman–Crippen LogP) is 5.83. The molecule has 3 aromatic carbocycles. The van der Waals surface area contributed by atoms with Gasteiger partial charge in [-0.05, 0) is 41.1 Å². The molecule has 4 rings (SSSR count). The van der Waals surface area contributed by atoms with Crippen LogP contribution in [0.5, 0.6) is 0 Å². The first-order chi connectivity index (χ1) is 16.7. The molecule has 0 aliphatic carbocycles. The van der Waals surface area contributed by atoms with Crippen molar-refractivity contribution >= 4 is 45.6 Å². The molecule has 1 aliphatic heterocycles. The van der Waals surface area contributed by atoms with Crippen LogP contribution in [0, 0.1) is 0 Å². The van der Waals surface area contributed by atoms with Gasteiger partial charge in [0, 0.05) is 39.1 Å². The highest BCUT2D eigenvalue weighted by Crippen LogP contribution is 2.48. The number of hydroxylamine groups is 2. The van der Waals surface area contributed by atoms with Crippen molar-refractivity contribution in [1.82, 2.24) is 16.3 Å². The number of rotatable bonds is 6. The van der Waals surface area contributed by atoms with E-state index in [0.717, 1.165) is 18.2 Å². The van der Waals surface area contributed by atoms with Gasteiger partial charge in [-0.15, -0.1) is 0 Å². The molecule has 11 heteroatoms. The van der Waals surface area contributed by atoms with E-state index in [1.165, 1.54) is 31.6 Å². The van der Waals surface area contributed by atoms with E-state index in [4.69, 9.17) is 28.0 Å². The van der Waals surface area contributed by atoms with Crippen LogP contribution in [0.3, 0.4) is 0 Å². The zero-order valence-corrected chi connectivity index (χ0v) is 19.6.